The molecule has 1 nitrogen and oxygen atoms in total. The Kier molecular flexibility index (Phi) is 3.71. The average Bonchev–Trinajstić information content (AvgIpc) is 2.87. The normalized spacial score (nSPS) is 33.6. The lowest BCUT2D eigenvalue weighted by Gasteiger charge is -2.43. The zero-order valence-electron chi connectivity index (χ0n) is 12.8. The van der Waals surface area contributed by atoms with E-state index in [4.69, 9.17) is 0 Å². The molecule has 1 aromatic rings. The van der Waals surface area contributed by atoms with Crippen LogP contribution in [0, 0.1) is 16.7 Å². The molecule has 3 atom stereocenters. The van der Waals surface area contributed by atoms with E-state index < -0.39 is 5.76 Å². The number of hydrogen-bond donors (Lipinski definition) is 1. The molecular formula is C17H23F2NS. The fraction of sp³-hybridized carbons (Fsp3) is 0.647. The van der Waals surface area contributed by atoms with Gasteiger partial charge in [-0.2, -0.15) is 8.78 Å². The van der Waals surface area contributed by atoms with Crippen LogP contribution in [0.2, 0.25) is 0 Å². The van der Waals surface area contributed by atoms with Crippen molar-refractivity contribution >= 4 is 17.4 Å². The van der Waals surface area contributed by atoms with E-state index in [0.717, 1.165) is 11.6 Å². The number of thioether (sulfide) groups is 1. The minimum Gasteiger partial charge on any atom is -0.381 e. The minimum absolute atomic E-state index is 0.295. The molecule has 0 aromatic heterocycles. The largest absolute Gasteiger partial charge is 0.381 e. The van der Waals surface area contributed by atoms with Gasteiger partial charge < -0.3 is 5.32 Å². The fourth-order valence-electron chi connectivity index (χ4n) is 4.56. The summed E-state index contributed by atoms with van der Waals surface area (Å²) in [4.78, 5) is 0.619. The van der Waals surface area contributed by atoms with Crippen molar-refractivity contribution in [3.8, 4) is 0 Å². The van der Waals surface area contributed by atoms with Gasteiger partial charge in [0.15, 0.2) is 0 Å². The fourth-order valence-corrected chi connectivity index (χ4v) is 5.06. The van der Waals surface area contributed by atoms with Gasteiger partial charge >= 0.3 is 0 Å². The van der Waals surface area contributed by atoms with E-state index in [1.165, 1.54) is 19.3 Å². The molecule has 0 heterocycles. The molecule has 1 aromatic carbocycles. The molecule has 3 rings (SSSR count). The maximum absolute atomic E-state index is 12.3. The zero-order chi connectivity index (χ0) is 15.3. The molecule has 21 heavy (non-hydrogen) atoms. The van der Waals surface area contributed by atoms with Crippen LogP contribution in [0.1, 0.15) is 40.0 Å². The van der Waals surface area contributed by atoms with Crippen LogP contribution in [-0.2, 0) is 0 Å². The summed E-state index contributed by atoms with van der Waals surface area (Å²) in [5.41, 5.74) is 1.70. The number of nitrogens with one attached hydrogen (secondary N) is 1. The van der Waals surface area contributed by atoms with Crippen molar-refractivity contribution in [2.24, 2.45) is 16.7 Å². The average molecular weight is 311 g/mol. The van der Waals surface area contributed by atoms with Crippen LogP contribution in [0.4, 0.5) is 14.5 Å². The third kappa shape index (κ3) is 2.67. The van der Waals surface area contributed by atoms with Crippen molar-refractivity contribution in [2.45, 2.75) is 56.7 Å². The zero-order valence-corrected chi connectivity index (χ0v) is 13.6. The number of rotatable bonds is 4. The molecule has 0 radical (unpaired) electrons. The van der Waals surface area contributed by atoms with Crippen LogP contribution in [0.3, 0.4) is 0 Å². The number of hydrogen-bond acceptors (Lipinski definition) is 2. The first-order valence-corrected chi connectivity index (χ1v) is 8.51. The summed E-state index contributed by atoms with van der Waals surface area (Å²) in [5.74, 6) is -1.55. The standard InChI is InChI=1S/C17H23F2NS/c1-16(2)11-8-9-17(3,10-11)14(16)20-12-4-6-13(7-5-12)21-15(18)19/h4-7,11,14-15,20H,8-10H2,1-3H3/t11-,14?,17+/m0/s1. The van der Waals surface area contributed by atoms with Gasteiger partial charge in [-0.1, -0.05) is 32.5 Å². The Labute approximate surface area is 129 Å². The highest BCUT2D eigenvalue weighted by Crippen LogP contribution is 2.63. The van der Waals surface area contributed by atoms with Crippen molar-refractivity contribution in [3.05, 3.63) is 24.3 Å². The number of alkyl halides is 2. The van der Waals surface area contributed by atoms with E-state index in [-0.39, 0.29) is 0 Å². The lowest BCUT2D eigenvalue weighted by atomic mass is 9.68. The first-order valence-electron chi connectivity index (χ1n) is 7.63. The Hall–Kier alpha value is -0.770. The Morgan fingerprint density at radius 3 is 2.38 bits per heavy atom. The first kappa shape index (κ1) is 15.1. The highest BCUT2D eigenvalue weighted by Gasteiger charge is 2.59. The summed E-state index contributed by atoms with van der Waals surface area (Å²) in [6.07, 6.45) is 3.93. The third-order valence-electron chi connectivity index (χ3n) is 5.66. The maximum atomic E-state index is 12.3. The van der Waals surface area contributed by atoms with Crippen molar-refractivity contribution < 1.29 is 8.78 Å². The Bertz CT molecular complexity index is 509. The van der Waals surface area contributed by atoms with Gasteiger partial charge in [0.25, 0.3) is 5.76 Å². The molecule has 116 valence electrons. The second kappa shape index (κ2) is 5.15. The summed E-state index contributed by atoms with van der Waals surface area (Å²) in [6, 6.07) is 7.87. The van der Waals surface area contributed by atoms with Crippen molar-refractivity contribution in [2.75, 3.05) is 5.32 Å². The van der Waals surface area contributed by atoms with E-state index >= 15 is 0 Å². The predicted octanol–water partition coefficient (Wildman–Crippen LogP) is 5.63. The van der Waals surface area contributed by atoms with Crippen LogP contribution in [0.25, 0.3) is 0 Å². The smallest absolute Gasteiger partial charge is 0.288 e. The summed E-state index contributed by atoms with van der Waals surface area (Å²) in [6.45, 7) is 7.11. The van der Waals surface area contributed by atoms with Crippen LogP contribution < -0.4 is 5.32 Å². The van der Waals surface area contributed by atoms with Gasteiger partial charge in [0.2, 0.25) is 0 Å². The Morgan fingerprint density at radius 1 is 1.19 bits per heavy atom. The predicted molar refractivity (Wildman–Crippen MR) is 84.9 cm³/mol. The molecule has 0 spiro atoms. The minimum atomic E-state index is -2.35. The van der Waals surface area contributed by atoms with Gasteiger partial charge in [0.1, 0.15) is 0 Å². The second-order valence-corrected chi connectivity index (χ2v) is 8.46. The molecule has 2 bridgehead atoms. The molecule has 2 aliphatic carbocycles. The van der Waals surface area contributed by atoms with E-state index in [9.17, 15) is 8.78 Å². The van der Waals surface area contributed by atoms with Gasteiger partial charge in [-0.25, -0.2) is 0 Å². The second-order valence-electron chi connectivity index (χ2n) is 7.40. The molecule has 1 N–H and O–H groups in total. The highest BCUT2D eigenvalue weighted by atomic mass is 32.2. The maximum Gasteiger partial charge on any atom is 0.288 e. The molecule has 0 saturated heterocycles. The molecule has 1 unspecified atom stereocenters. The number of benzene rings is 1. The van der Waals surface area contributed by atoms with Crippen LogP contribution >= 0.6 is 11.8 Å². The van der Waals surface area contributed by atoms with Gasteiger partial charge in [-0.05, 0) is 60.3 Å². The van der Waals surface area contributed by atoms with Gasteiger partial charge in [0.05, 0.1) is 0 Å². The Morgan fingerprint density at radius 2 is 1.86 bits per heavy atom. The van der Waals surface area contributed by atoms with Crippen molar-refractivity contribution in [1.82, 2.24) is 0 Å². The lowest BCUT2D eigenvalue weighted by molar-refractivity contribution is 0.155. The molecule has 2 aliphatic rings. The van der Waals surface area contributed by atoms with E-state index in [2.05, 4.69) is 26.1 Å². The molecule has 2 saturated carbocycles. The molecular weight excluding hydrogens is 288 g/mol. The quantitative estimate of drug-likeness (QED) is 0.723. The number of fused-ring (bicyclic) bond motifs is 2. The van der Waals surface area contributed by atoms with Crippen molar-refractivity contribution in [3.63, 3.8) is 0 Å². The summed E-state index contributed by atoms with van der Waals surface area (Å²) in [5, 5.41) is 3.69. The van der Waals surface area contributed by atoms with Crippen molar-refractivity contribution in [1.29, 1.82) is 0 Å². The number of anilines is 1. The van der Waals surface area contributed by atoms with Gasteiger partial charge in [-0.15, -0.1) is 0 Å². The third-order valence-corrected chi connectivity index (χ3v) is 6.38. The van der Waals surface area contributed by atoms with Gasteiger partial charge in [-0.3, -0.25) is 0 Å². The summed E-state index contributed by atoms with van der Waals surface area (Å²) >= 11 is 0.600. The summed E-state index contributed by atoms with van der Waals surface area (Å²) in [7, 11) is 0. The van der Waals surface area contributed by atoms with Crippen LogP contribution in [0.5, 0.6) is 0 Å². The highest BCUT2D eigenvalue weighted by molar-refractivity contribution is 7.99. The number of halogens is 2. The molecule has 4 heteroatoms. The molecule has 0 aliphatic heterocycles. The summed E-state index contributed by atoms with van der Waals surface area (Å²) < 4.78 is 24.7. The van der Waals surface area contributed by atoms with Crippen LogP contribution in [-0.4, -0.2) is 11.8 Å². The molecule has 2 fully saturated rings. The van der Waals surface area contributed by atoms with E-state index in [1.807, 2.05) is 12.1 Å². The topological polar surface area (TPSA) is 12.0 Å². The van der Waals surface area contributed by atoms with Gasteiger partial charge in [0, 0.05) is 16.6 Å². The SMILES string of the molecule is CC1(C)C(Nc2ccc(SC(F)F)cc2)[C@]2(C)CC[C@H]1C2. The van der Waals surface area contributed by atoms with Crippen LogP contribution in [0.15, 0.2) is 29.2 Å². The monoisotopic (exact) mass is 311 g/mol. The molecule has 0 amide bonds. The lowest BCUT2D eigenvalue weighted by Crippen LogP contribution is -2.45. The van der Waals surface area contributed by atoms with E-state index in [1.54, 1.807) is 12.1 Å². The van der Waals surface area contributed by atoms with E-state index in [0.29, 0.717) is 33.5 Å². The first-order chi connectivity index (χ1) is 9.81. The Balaban J connectivity index is 1.74.